The Morgan fingerprint density at radius 2 is 2.00 bits per heavy atom. The van der Waals surface area contributed by atoms with Crippen molar-refractivity contribution in [2.45, 2.75) is 0 Å². The van der Waals surface area contributed by atoms with Crippen molar-refractivity contribution >= 4 is 10.9 Å². The minimum absolute atomic E-state index is 1.07. The largest absolute Gasteiger partial charge is 0.324 e. The molecule has 0 aliphatic carbocycles. The summed E-state index contributed by atoms with van der Waals surface area (Å²) in [5.74, 6) is 0. The molecule has 2 heterocycles. The van der Waals surface area contributed by atoms with E-state index in [9.17, 15) is 0 Å². The quantitative estimate of drug-likeness (QED) is 0.617. The molecule has 14 heavy (non-hydrogen) atoms. The van der Waals surface area contributed by atoms with Crippen molar-refractivity contribution in [3.8, 4) is 5.69 Å². The van der Waals surface area contributed by atoms with E-state index in [1.54, 1.807) is 0 Å². The Bertz CT molecular complexity index is 549. The van der Waals surface area contributed by atoms with Gasteiger partial charge in [-0.1, -0.05) is 0 Å². The standard InChI is InChI=1S/C11H9N3/c1-2-6-14(5-1)10-4-3-9-8-12-13-11(9)7-10/h1-8H,(H,12,13). The molecule has 0 bridgehead atoms. The summed E-state index contributed by atoms with van der Waals surface area (Å²) in [5.41, 5.74) is 2.21. The molecule has 68 valence electrons. The fourth-order valence-electron chi connectivity index (χ4n) is 1.59. The summed E-state index contributed by atoms with van der Waals surface area (Å²) in [4.78, 5) is 0. The lowest BCUT2D eigenvalue weighted by molar-refractivity contribution is 1.08. The molecule has 1 N–H and O–H groups in total. The van der Waals surface area contributed by atoms with Crippen LogP contribution < -0.4 is 0 Å². The van der Waals surface area contributed by atoms with Crippen LogP contribution in [0.1, 0.15) is 0 Å². The Balaban J connectivity index is 2.23. The van der Waals surface area contributed by atoms with Crippen LogP contribution in [0.15, 0.2) is 48.9 Å². The molecule has 0 unspecified atom stereocenters. The molecule has 0 saturated heterocycles. The molecule has 1 aromatic carbocycles. The van der Waals surface area contributed by atoms with Crippen LogP contribution in [0.5, 0.6) is 0 Å². The van der Waals surface area contributed by atoms with Crippen LogP contribution in [0.3, 0.4) is 0 Å². The first-order chi connectivity index (χ1) is 6.93. The lowest BCUT2D eigenvalue weighted by Crippen LogP contribution is -1.88. The summed E-state index contributed by atoms with van der Waals surface area (Å²) in [6, 6.07) is 10.3. The lowest BCUT2D eigenvalue weighted by Gasteiger charge is -2.01. The maximum atomic E-state index is 3.99. The molecule has 0 aliphatic rings. The minimum atomic E-state index is 1.07. The molecule has 3 rings (SSSR count). The first kappa shape index (κ1) is 7.38. The topological polar surface area (TPSA) is 33.6 Å². The van der Waals surface area contributed by atoms with Gasteiger partial charge in [0.15, 0.2) is 0 Å². The zero-order chi connectivity index (χ0) is 9.38. The molecule has 0 amide bonds. The highest BCUT2D eigenvalue weighted by molar-refractivity contribution is 5.79. The Labute approximate surface area is 81.0 Å². The van der Waals surface area contributed by atoms with Crippen molar-refractivity contribution in [1.29, 1.82) is 0 Å². The molecule has 0 saturated carbocycles. The van der Waals surface area contributed by atoms with E-state index in [1.807, 2.05) is 30.7 Å². The number of nitrogens with one attached hydrogen (secondary N) is 1. The van der Waals surface area contributed by atoms with Crippen molar-refractivity contribution in [2.24, 2.45) is 0 Å². The van der Waals surface area contributed by atoms with Gasteiger partial charge in [-0.15, -0.1) is 0 Å². The Morgan fingerprint density at radius 1 is 1.14 bits per heavy atom. The first-order valence-corrected chi connectivity index (χ1v) is 4.50. The number of nitrogens with zero attached hydrogens (tertiary/aromatic N) is 2. The number of aromatic nitrogens is 3. The van der Waals surface area contributed by atoms with Gasteiger partial charge in [0.2, 0.25) is 0 Å². The maximum Gasteiger partial charge on any atom is 0.0671 e. The van der Waals surface area contributed by atoms with Gasteiger partial charge in [0.05, 0.1) is 11.7 Å². The lowest BCUT2D eigenvalue weighted by atomic mass is 10.2. The first-order valence-electron chi connectivity index (χ1n) is 4.50. The molecular formula is C11H9N3. The molecule has 0 radical (unpaired) electrons. The highest BCUT2D eigenvalue weighted by Crippen LogP contribution is 2.15. The van der Waals surface area contributed by atoms with Gasteiger partial charge < -0.3 is 4.57 Å². The monoisotopic (exact) mass is 183 g/mol. The van der Waals surface area contributed by atoms with E-state index in [4.69, 9.17) is 0 Å². The molecule has 0 spiro atoms. The summed E-state index contributed by atoms with van der Waals surface area (Å²) in [6.07, 6.45) is 5.88. The maximum absolute atomic E-state index is 3.99. The van der Waals surface area contributed by atoms with Crippen molar-refractivity contribution in [3.63, 3.8) is 0 Å². The SMILES string of the molecule is c1ccn(-c2ccc3cn[nH]c3c2)c1. The van der Waals surface area contributed by atoms with Gasteiger partial charge in [0.1, 0.15) is 0 Å². The predicted molar refractivity (Wildman–Crippen MR) is 55.4 cm³/mol. The van der Waals surface area contributed by atoms with E-state index in [-0.39, 0.29) is 0 Å². The van der Waals surface area contributed by atoms with E-state index in [0.29, 0.717) is 0 Å². The van der Waals surface area contributed by atoms with E-state index in [0.717, 1.165) is 16.6 Å². The number of benzene rings is 1. The molecule has 0 fully saturated rings. The zero-order valence-corrected chi connectivity index (χ0v) is 7.51. The molecule has 3 heteroatoms. The Morgan fingerprint density at radius 3 is 2.86 bits per heavy atom. The normalized spacial score (nSPS) is 10.9. The summed E-state index contributed by atoms with van der Waals surface area (Å²) < 4.78 is 2.07. The van der Waals surface area contributed by atoms with Gasteiger partial charge in [-0.3, -0.25) is 5.10 Å². The molecular weight excluding hydrogens is 174 g/mol. The number of H-pyrrole nitrogens is 1. The van der Waals surface area contributed by atoms with Crippen molar-refractivity contribution in [1.82, 2.24) is 14.8 Å². The molecule has 3 aromatic rings. The molecule has 2 aromatic heterocycles. The molecule has 0 aliphatic heterocycles. The van der Waals surface area contributed by atoms with Gasteiger partial charge in [-0.25, -0.2) is 0 Å². The number of hydrogen-bond acceptors (Lipinski definition) is 1. The van der Waals surface area contributed by atoms with Gasteiger partial charge >= 0.3 is 0 Å². The van der Waals surface area contributed by atoms with E-state index < -0.39 is 0 Å². The van der Waals surface area contributed by atoms with Gasteiger partial charge in [0, 0.05) is 23.5 Å². The van der Waals surface area contributed by atoms with Gasteiger partial charge in [-0.2, -0.15) is 5.10 Å². The number of fused-ring (bicyclic) bond motifs is 1. The summed E-state index contributed by atoms with van der Waals surface area (Å²) in [5, 5.41) is 8.09. The highest BCUT2D eigenvalue weighted by Gasteiger charge is 1.98. The summed E-state index contributed by atoms with van der Waals surface area (Å²) in [6.45, 7) is 0. The smallest absolute Gasteiger partial charge is 0.0671 e. The third-order valence-electron chi connectivity index (χ3n) is 2.33. The summed E-state index contributed by atoms with van der Waals surface area (Å²) >= 11 is 0. The second-order valence-corrected chi connectivity index (χ2v) is 3.23. The zero-order valence-electron chi connectivity index (χ0n) is 7.51. The Kier molecular flexibility index (Phi) is 1.44. The van der Waals surface area contributed by atoms with Gasteiger partial charge in [0.25, 0.3) is 0 Å². The van der Waals surface area contributed by atoms with E-state index in [1.165, 1.54) is 0 Å². The minimum Gasteiger partial charge on any atom is -0.324 e. The van der Waals surface area contributed by atoms with Crippen LogP contribution in [0, 0.1) is 0 Å². The third-order valence-corrected chi connectivity index (χ3v) is 2.33. The average Bonchev–Trinajstić information content (AvgIpc) is 2.88. The van der Waals surface area contributed by atoms with Gasteiger partial charge in [-0.05, 0) is 30.3 Å². The predicted octanol–water partition coefficient (Wildman–Crippen LogP) is 2.35. The molecule has 0 atom stereocenters. The van der Waals surface area contributed by atoms with Crippen molar-refractivity contribution < 1.29 is 0 Å². The van der Waals surface area contributed by atoms with E-state index in [2.05, 4.69) is 33.0 Å². The van der Waals surface area contributed by atoms with Crippen LogP contribution in [0.2, 0.25) is 0 Å². The second kappa shape index (κ2) is 2.73. The average molecular weight is 183 g/mol. The number of rotatable bonds is 1. The van der Waals surface area contributed by atoms with Crippen LogP contribution in [0.4, 0.5) is 0 Å². The number of hydrogen-bond donors (Lipinski definition) is 1. The second-order valence-electron chi connectivity index (χ2n) is 3.23. The summed E-state index contributed by atoms with van der Waals surface area (Å²) in [7, 11) is 0. The number of aromatic amines is 1. The Hall–Kier alpha value is -2.03. The highest BCUT2D eigenvalue weighted by atomic mass is 15.1. The fraction of sp³-hybridized carbons (Fsp3) is 0. The van der Waals surface area contributed by atoms with Crippen LogP contribution >= 0.6 is 0 Å². The molecule has 3 nitrogen and oxygen atoms in total. The third kappa shape index (κ3) is 1.03. The van der Waals surface area contributed by atoms with Crippen LogP contribution in [0.25, 0.3) is 16.6 Å². The van der Waals surface area contributed by atoms with E-state index >= 15 is 0 Å². The van der Waals surface area contributed by atoms with Crippen LogP contribution in [-0.2, 0) is 0 Å². The van der Waals surface area contributed by atoms with Crippen molar-refractivity contribution in [3.05, 3.63) is 48.9 Å². The van der Waals surface area contributed by atoms with Crippen LogP contribution in [-0.4, -0.2) is 14.8 Å². The fourth-order valence-corrected chi connectivity index (χ4v) is 1.59. The van der Waals surface area contributed by atoms with Crippen molar-refractivity contribution in [2.75, 3.05) is 0 Å².